The number of likely N-dealkylation sites (tertiary alicyclic amines) is 1. The molecule has 0 saturated carbocycles. The highest BCUT2D eigenvalue weighted by Crippen LogP contribution is 2.09. The minimum Gasteiger partial charge on any atom is -0.394 e. The van der Waals surface area contributed by atoms with Crippen molar-refractivity contribution < 1.29 is 20.1 Å². The van der Waals surface area contributed by atoms with Crippen molar-refractivity contribution in [2.45, 2.75) is 18.4 Å². The molecule has 4 N–H and O–H groups in total. The lowest BCUT2D eigenvalue weighted by molar-refractivity contribution is 0.0457. The first-order valence-electron chi connectivity index (χ1n) is 5.07. The van der Waals surface area contributed by atoms with Crippen LogP contribution in [0.4, 0.5) is 4.79 Å². The Morgan fingerprint density at radius 1 is 1.13 bits per heavy atom. The SMILES string of the molecule is O=C(NC(CO)(CO)CO)N1CCCC1. The van der Waals surface area contributed by atoms with Crippen LogP contribution in [-0.4, -0.2) is 64.7 Å². The van der Waals surface area contributed by atoms with Crippen molar-refractivity contribution in [2.24, 2.45) is 0 Å². The predicted molar refractivity (Wildman–Crippen MR) is 53.3 cm³/mol. The molecule has 0 aromatic rings. The Morgan fingerprint density at radius 2 is 1.60 bits per heavy atom. The van der Waals surface area contributed by atoms with Crippen LogP contribution in [0.2, 0.25) is 0 Å². The molecule has 0 aliphatic carbocycles. The molecule has 6 nitrogen and oxygen atoms in total. The van der Waals surface area contributed by atoms with E-state index >= 15 is 0 Å². The number of hydrogen-bond donors (Lipinski definition) is 4. The number of amides is 2. The zero-order valence-corrected chi connectivity index (χ0v) is 8.65. The van der Waals surface area contributed by atoms with Gasteiger partial charge >= 0.3 is 6.03 Å². The highest BCUT2D eigenvalue weighted by molar-refractivity contribution is 5.75. The lowest BCUT2D eigenvalue weighted by Gasteiger charge is -2.30. The number of nitrogens with one attached hydrogen (secondary N) is 1. The van der Waals surface area contributed by atoms with Crippen molar-refractivity contribution in [1.82, 2.24) is 10.2 Å². The summed E-state index contributed by atoms with van der Waals surface area (Å²) in [4.78, 5) is 13.2. The van der Waals surface area contributed by atoms with Crippen molar-refractivity contribution in [3.63, 3.8) is 0 Å². The number of carbonyl (C=O) groups excluding carboxylic acids is 1. The fourth-order valence-corrected chi connectivity index (χ4v) is 1.49. The van der Waals surface area contributed by atoms with E-state index in [0.29, 0.717) is 13.1 Å². The van der Waals surface area contributed by atoms with E-state index in [1.807, 2.05) is 0 Å². The van der Waals surface area contributed by atoms with Crippen molar-refractivity contribution in [1.29, 1.82) is 0 Å². The van der Waals surface area contributed by atoms with Crippen molar-refractivity contribution >= 4 is 6.03 Å². The van der Waals surface area contributed by atoms with E-state index in [4.69, 9.17) is 15.3 Å². The average Bonchev–Trinajstić information content (AvgIpc) is 2.79. The highest BCUT2D eigenvalue weighted by Gasteiger charge is 2.32. The quantitative estimate of drug-likeness (QED) is 0.462. The fraction of sp³-hybridized carbons (Fsp3) is 0.889. The second-order valence-electron chi connectivity index (χ2n) is 3.88. The van der Waals surface area contributed by atoms with Gasteiger partial charge in [-0.2, -0.15) is 0 Å². The average molecular weight is 218 g/mol. The molecule has 6 heteroatoms. The van der Waals surface area contributed by atoms with Gasteiger partial charge in [-0.25, -0.2) is 4.79 Å². The molecule has 2 amide bonds. The Balaban J connectivity index is 2.53. The monoisotopic (exact) mass is 218 g/mol. The van der Waals surface area contributed by atoms with Crippen LogP contribution in [0.25, 0.3) is 0 Å². The van der Waals surface area contributed by atoms with Gasteiger partial charge in [0.1, 0.15) is 5.54 Å². The van der Waals surface area contributed by atoms with E-state index in [1.165, 1.54) is 0 Å². The Labute approximate surface area is 88.5 Å². The summed E-state index contributed by atoms with van der Waals surface area (Å²) in [6.45, 7) is -0.0901. The van der Waals surface area contributed by atoms with Gasteiger partial charge in [0.25, 0.3) is 0 Å². The summed E-state index contributed by atoms with van der Waals surface area (Å²) in [6.07, 6.45) is 1.94. The maximum absolute atomic E-state index is 11.6. The molecule has 15 heavy (non-hydrogen) atoms. The van der Waals surface area contributed by atoms with Gasteiger partial charge in [-0.1, -0.05) is 0 Å². The summed E-state index contributed by atoms with van der Waals surface area (Å²) < 4.78 is 0. The number of aliphatic hydroxyl groups is 3. The summed E-state index contributed by atoms with van der Waals surface area (Å²) in [7, 11) is 0. The van der Waals surface area contributed by atoms with E-state index in [1.54, 1.807) is 4.90 Å². The summed E-state index contributed by atoms with van der Waals surface area (Å²) in [5.41, 5.74) is -1.32. The minimum atomic E-state index is -1.32. The van der Waals surface area contributed by atoms with Gasteiger partial charge in [0.05, 0.1) is 19.8 Å². The first-order valence-corrected chi connectivity index (χ1v) is 5.07. The third-order valence-corrected chi connectivity index (χ3v) is 2.67. The van der Waals surface area contributed by atoms with Gasteiger partial charge in [0.2, 0.25) is 0 Å². The predicted octanol–water partition coefficient (Wildman–Crippen LogP) is -1.49. The highest BCUT2D eigenvalue weighted by atomic mass is 16.3. The number of hydrogen-bond acceptors (Lipinski definition) is 4. The van der Waals surface area contributed by atoms with Crippen molar-refractivity contribution in [2.75, 3.05) is 32.9 Å². The van der Waals surface area contributed by atoms with Crippen LogP contribution in [0.1, 0.15) is 12.8 Å². The van der Waals surface area contributed by atoms with Gasteiger partial charge in [0.15, 0.2) is 0 Å². The van der Waals surface area contributed by atoms with Crippen LogP contribution in [0.15, 0.2) is 0 Å². The number of rotatable bonds is 4. The molecule has 1 saturated heterocycles. The molecule has 0 bridgehead atoms. The van der Waals surface area contributed by atoms with E-state index < -0.39 is 25.4 Å². The molecular weight excluding hydrogens is 200 g/mol. The zero-order chi connectivity index (χ0) is 11.3. The molecule has 0 aromatic heterocycles. The molecule has 0 aromatic carbocycles. The molecule has 0 unspecified atom stereocenters. The standard InChI is InChI=1S/C9H18N2O4/c12-5-9(6-13,7-14)10-8(15)11-3-1-2-4-11/h12-14H,1-7H2,(H,10,15). The largest absolute Gasteiger partial charge is 0.394 e. The minimum absolute atomic E-state index is 0.343. The summed E-state index contributed by atoms with van der Waals surface area (Å²) in [5, 5.41) is 29.5. The summed E-state index contributed by atoms with van der Waals surface area (Å²) >= 11 is 0. The molecule has 1 aliphatic rings. The number of aliphatic hydroxyl groups excluding tert-OH is 3. The maximum Gasteiger partial charge on any atom is 0.318 e. The zero-order valence-electron chi connectivity index (χ0n) is 8.65. The number of urea groups is 1. The van der Waals surface area contributed by atoms with E-state index in [-0.39, 0.29) is 6.03 Å². The normalized spacial score (nSPS) is 16.9. The van der Waals surface area contributed by atoms with Gasteiger partial charge in [-0.15, -0.1) is 0 Å². The molecule has 0 radical (unpaired) electrons. The van der Waals surface area contributed by atoms with Crippen LogP contribution in [0.3, 0.4) is 0 Å². The van der Waals surface area contributed by atoms with Crippen LogP contribution in [-0.2, 0) is 0 Å². The Kier molecular flexibility index (Phi) is 4.31. The van der Waals surface area contributed by atoms with Crippen LogP contribution in [0.5, 0.6) is 0 Å². The second kappa shape index (κ2) is 5.29. The van der Waals surface area contributed by atoms with Crippen molar-refractivity contribution in [3.05, 3.63) is 0 Å². The summed E-state index contributed by atoms with van der Waals surface area (Å²) in [6, 6.07) is -0.343. The Morgan fingerprint density at radius 3 is 2.00 bits per heavy atom. The van der Waals surface area contributed by atoms with Crippen LogP contribution >= 0.6 is 0 Å². The Bertz CT molecular complexity index is 204. The second-order valence-corrected chi connectivity index (χ2v) is 3.88. The molecule has 88 valence electrons. The smallest absolute Gasteiger partial charge is 0.318 e. The number of carbonyl (C=O) groups is 1. The first kappa shape index (κ1) is 12.2. The van der Waals surface area contributed by atoms with Gasteiger partial charge in [-0.3, -0.25) is 0 Å². The summed E-state index contributed by atoms with van der Waals surface area (Å²) in [5.74, 6) is 0. The molecular formula is C9H18N2O4. The fourth-order valence-electron chi connectivity index (χ4n) is 1.49. The van der Waals surface area contributed by atoms with Gasteiger partial charge in [-0.05, 0) is 12.8 Å². The Hall–Kier alpha value is -0.850. The molecule has 0 atom stereocenters. The third-order valence-electron chi connectivity index (χ3n) is 2.67. The van der Waals surface area contributed by atoms with Crippen molar-refractivity contribution in [3.8, 4) is 0 Å². The lowest BCUT2D eigenvalue weighted by Crippen LogP contribution is -2.59. The van der Waals surface area contributed by atoms with E-state index in [0.717, 1.165) is 12.8 Å². The molecule has 1 fully saturated rings. The van der Waals surface area contributed by atoms with E-state index in [2.05, 4.69) is 5.32 Å². The molecule has 1 heterocycles. The maximum atomic E-state index is 11.6. The van der Waals surface area contributed by atoms with Gasteiger partial charge < -0.3 is 25.5 Å². The van der Waals surface area contributed by atoms with E-state index in [9.17, 15) is 4.79 Å². The molecule has 1 aliphatic heterocycles. The number of nitrogens with zero attached hydrogens (tertiary/aromatic N) is 1. The third kappa shape index (κ3) is 2.80. The lowest BCUT2D eigenvalue weighted by atomic mass is 10.0. The van der Waals surface area contributed by atoms with Crippen LogP contribution < -0.4 is 5.32 Å². The topological polar surface area (TPSA) is 93.0 Å². The first-order chi connectivity index (χ1) is 7.17. The van der Waals surface area contributed by atoms with Gasteiger partial charge in [0, 0.05) is 13.1 Å². The molecule has 1 rings (SSSR count). The molecule has 0 spiro atoms. The van der Waals surface area contributed by atoms with Crippen LogP contribution in [0, 0.1) is 0 Å².